The lowest BCUT2D eigenvalue weighted by molar-refractivity contribution is -0.139. The van der Waals surface area contributed by atoms with Crippen LogP contribution in [0.2, 0.25) is 5.02 Å². The molecule has 1 aromatic carbocycles. The van der Waals surface area contributed by atoms with Gasteiger partial charge in [0.05, 0.1) is 0 Å². The quantitative estimate of drug-likeness (QED) is 0.850. The maximum Gasteiger partial charge on any atom is 0.263 e. The molecule has 0 aliphatic carbocycles. The minimum atomic E-state index is -0.449. The number of piperidine rings is 1. The summed E-state index contributed by atoms with van der Waals surface area (Å²) in [5.41, 5.74) is 0. The van der Waals surface area contributed by atoms with Crippen molar-refractivity contribution in [3.63, 3.8) is 0 Å². The highest BCUT2D eigenvalue weighted by atomic mass is 35.5. The summed E-state index contributed by atoms with van der Waals surface area (Å²) in [5.74, 6) is 1.47. The number of carbonyl (C=O) groups is 1. The third kappa shape index (κ3) is 3.87. The van der Waals surface area contributed by atoms with Crippen LogP contribution >= 0.6 is 11.6 Å². The second kappa shape index (κ2) is 6.29. The van der Waals surface area contributed by atoms with Crippen LogP contribution in [0.3, 0.4) is 0 Å². The highest BCUT2D eigenvalue weighted by Gasteiger charge is 2.25. The molecule has 1 saturated heterocycles. The maximum atomic E-state index is 12.3. The topological polar surface area (TPSA) is 29.5 Å². The van der Waals surface area contributed by atoms with E-state index >= 15 is 0 Å². The van der Waals surface area contributed by atoms with E-state index in [1.807, 2.05) is 4.90 Å². The van der Waals surface area contributed by atoms with Gasteiger partial charge < -0.3 is 9.64 Å². The average Bonchev–Trinajstić information content (AvgIpc) is 2.41. The van der Waals surface area contributed by atoms with Gasteiger partial charge >= 0.3 is 0 Å². The van der Waals surface area contributed by atoms with Gasteiger partial charge in [-0.2, -0.15) is 0 Å². The predicted molar refractivity (Wildman–Crippen MR) is 76.5 cm³/mol. The Morgan fingerprint density at radius 3 is 2.47 bits per heavy atom. The second-order valence-corrected chi connectivity index (χ2v) is 5.66. The van der Waals surface area contributed by atoms with E-state index in [0.29, 0.717) is 10.8 Å². The Kier molecular flexibility index (Phi) is 4.70. The molecule has 1 heterocycles. The van der Waals surface area contributed by atoms with Gasteiger partial charge in [0.1, 0.15) is 5.75 Å². The van der Waals surface area contributed by atoms with Crippen LogP contribution in [0.5, 0.6) is 5.75 Å². The van der Waals surface area contributed by atoms with E-state index in [1.165, 1.54) is 0 Å². The van der Waals surface area contributed by atoms with Crippen LogP contribution in [0.1, 0.15) is 26.7 Å². The number of likely N-dealkylation sites (tertiary alicyclic amines) is 1. The first-order valence-electron chi connectivity index (χ1n) is 6.77. The van der Waals surface area contributed by atoms with Crippen LogP contribution in [-0.2, 0) is 4.79 Å². The summed E-state index contributed by atoms with van der Waals surface area (Å²) >= 11 is 5.82. The fourth-order valence-electron chi connectivity index (χ4n) is 2.25. The average molecular weight is 282 g/mol. The van der Waals surface area contributed by atoms with E-state index < -0.39 is 6.10 Å². The van der Waals surface area contributed by atoms with E-state index in [1.54, 1.807) is 31.2 Å². The summed E-state index contributed by atoms with van der Waals surface area (Å²) in [4.78, 5) is 14.2. The van der Waals surface area contributed by atoms with Crippen LogP contribution in [0.15, 0.2) is 24.3 Å². The molecule has 3 nitrogen and oxygen atoms in total. The molecule has 1 fully saturated rings. The molecular formula is C15H20ClNO2. The molecule has 4 heteroatoms. The number of hydrogen-bond acceptors (Lipinski definition) is 2. The zero-order chi connectivity index (χ0) is 13.8. The Morgan fingerprint density at radius 1 is 1.32 bits per heavy atom. The van der Waals surface area contributed by atoms with E-state index in [2.05, 4.69) is 6.92 Å². The molecule has 1 aliphatic rings. The van der Waals surface area contributed by atoms with Gasteiger partial charge in [0.15, 0.2) is 6.10 Å². The van der Waals surface area contributed by atoms with Crippen molar-refractivity contribution in [2.24, 2.45) is 5.92 Å². The van der Waals surface area contributed by atoms with Crippen LogP contribution in [0, 0.1) is 5.92 Å². The zero-order valence-corrected chi connectivity index (χ0v) is 12.2. The molecule has 0 spiro atoms. The number of halogens is 1. The number of hydrogen-bond donors (Lipinski definition) is 0. The zero-order valence-electron chi connectivity index (χ0n) is 11.4. The molecule has 1 atom stereocenters. The summed E-state index contributed by atoms with van der Waals surface area (Å²) in [5, 5.41) is 0.663. The minimum Gasteiger partial charge on any atom is -0.481 e. The van der Waals surface area contributed by atoms with Crippen molar-refractivity contribution >= 4 is 17.5 Å². The van der Waals surface area contributed by atoms with Crippen molar-refractivity contribution < 1.29 is 9.53 Å². The Hall–Kier alpha value is -1.22. The first-order valence-corrected chi connectivity index (χ1v) is 7.15. The van der Waals surface area contributed by atoms with Gasteiger partial charge in [-0.15, -0.1) is 0 Å². The third-order valence-electron chi connectivity index (χ3n) is 3.57. The number of nitrogens with zero attached hydrogens (tertiary/aromatic N) is 1. The molecule has 2 rings (SSSR count). The lowest BCUT2D eigenvalue weighted by Gasteiger charge is -2.32. The van der Waals surface area contributed by atoms with Crippen molar-refractivity contribution in [3.05, 3.63) is 29.3 Å². The summed E-state index contributed by atoms with van der Waals surface area (Å²) in [7, 11) is 0. The fourth-order valence-corrected chi connectivity index (χ4v) is 2.38. The molecule has 19 heavy (non-hydrogen) atoms. The first-order chi connectivity index (χ1) is 9.06. The van der Waals surface area contributed by atoms with Gasteiger partial charge in [0.25, 0.3) is 5.91 Å². The number of amides is 1. The standard InChI is InChI=1S/C15H20ClNO2/c1-11-7-9-17(10-8-11)15(18)12(2)19-14-5-3-13(16)4-6-14/h3-6,11-12H,7-10H2,1-2H3/t12-/m1/s1. The van der Waals surface area contributed by atoms with Gasteiger partial charge in [0, 0.05) is 18.1 Å². The Bertz CT molecular complexity index is 424. The summed E-state index contributed by atoms with van der Waals surface area (Å²) < 4.78 is 5.66. The van der Waals surface area contributed by atoms with Crippen molar-refractivity contribution in [2.45, 2.75) is 32.8 Å². The molecule has 0 bridgehead atoms. The molecule has 1 aromatic rings. The predicted octanol–water partition coefficient (Wildman–Crippen LogP) is 3.37. The van der Waals surface area contributed by atoms with Crippen LogP contribution in [-0.4, -0.2) is 30.0 Å². The largest absolute Gasteiger partial charge is 0.481 e. The molecule has 104 valence electrons. The highest BCUT2D eigenvalue weighted by Crippen LogP contribution is 2.20. The van der Waals surface area contributed by atoms with Gasteiger partial charge in [-0.25, -0.2) is 0 Å². The lowest BCUT2D eigenvalue weighted by Crippen LogP contribution is -2.44. The second-order valence-electron chi connectivity index (χ2n) is 5.22. The van der Waals surface area contributed by atoms with Crippen molar-refractivity contribution in [1.82, 2.24) is 4.90 Å². The number of rotatable bonds is 3. The van der Waals surface area contributed by atoms with Gasteiger partial charge in [-0.3, -0.25) is 4.79 Å². The number of carbonyl (C=O) groups excluding carboxylic acids is 1. The van der Waals surface area contributed by atoms with Gasteiger partial charge in [-0.05, 0) is 49.9 Å². The molecule has 0 unspecified atom stereocenters. The molecule has 1 amide bonds. The molecular weight excluding hydrogens is 262 g/mol. The first kappa shape index (κ1) is 14.2. The number of ether oxygens (including phenoxy) is 1. The third-order valence-corrected chi connectivity index (χ3v) is 3.82. The molecule has 0 saturated carbocycles. The maximum absolute atomic E-state index is 12.3. The normalized spacial score (nSPS) is 18.2. The number of benzene rings is 1. The Morgan fingerprint density at radius 2 is 1.89 bits per heavy atom. The van der Waals surface area contributed by atoms with Gasteiger partial charge in [0.2, 0.25) is 0 Å². The van der Waals surface area contributed by atoms with Gasteiger partial charge in [-0.1, -0.05) is 18.5 Å². The Balaban J connectivity index is 1.90. The minimum absolute atomic E-state index is 0.0712. The Labute approximate surface area is 119 Å². The van der Waals surface area contributed by atoms with Crippen LogP contribution < -0.4 is 4.74 Å². The SMILES string of the molecule is CC1CCN(C(=O)[C@@H](C)Oc2ccc(Cl)cc2)CC1. The van der Waals surface area contributed by atoms with Crippen molar-refractivity contribution in [2.75, 3.05) is 13.1 Å². The molecule has 0 radical (unpaired) electrons. The van der Waals surface area contributed by atoms with E-state index in [-0.39, 0.29) is 5.91 Å². The highest BCUT2D eigenvalue weighted by molar-refractivity contribution is 6.30. The summed E-state index contributed by atoms with van der Waals surface area (Å²) in [6.07, 6.45) is 1.72. The van der Waals surface area contributed by atoms with Crippen molar-refractivity contribution in [1.29, 1.82) is 0 Å². The fraction of sp³-hybridized carbons (Fsp3) is 0.533. The molecule has 0 aromatic heterocycles. The monoisotopic (exact) mass is 281 g/mol. The van der Waals surface area contributed by atoms with E-state index in [4.69, 9.17) is 16.3 Å². The van der Waals surface area contributed by atoms with Crippen molar-refractivity contribution in [3.8, 4) is 5.75 Å². The van der Waals surface area contributed by atoms with E-state index in [9.17, 15) is 4.79 Å². The summed E-state index contributed by atoms with van der Waals surface area (Å²) in [6, 6.07) is 7.09. The van der Waals surface area contributed by atoms with Crippen LogP contribution in [0.4, 0.5) is 0 Å². The lowest BCUT2D eigenvalue weighted by atomic mass is 9.99. The molecule has 0 N–H and O–H groups in total. The summed E-state index contributed by atoms with van der Waals surface area (Å²) in [6.45, 7) is 5.72. The smallest absolute Gasteiger partial charge is 0.263 e. The van der Waals surface area contributed by atoms with Crippen LogP contribution in [0.25, 0.3) is 0 Å². The molecule has 1 aliphatic heterocycles. The van der Waals surface area contributed by atoms with E-state index in [0.717, 1.165) is 31.8 Å².